The molecule has 1 rings (SSSR count). The monoisotopic (exact) mass is 318 g/mol. The van der Waals surface area contributed by atoms with Gasteiger partial charge >= 0.3 is 5.97 Å². The Bertz CT molecular complexity index is 374. The SMILES string of the molecule is CCOC(=O)CC(=O)c1ccccc1I. The molecule has 0 heterocycles. The average Bonchev–Trinajstić information content (AvgIpc) is 2.18. The van der Waals surface area contributed by atoms with Crippen molar-refractivity contribution in [2.45, 2.75) is 13.3 Å². The van der Waals surface area contributed by atoms with Crippen LogP contribution in [0.5, 0.6) is 0 Å². The lowest BCUT2D eigenvalue weighted by atomic mass is 10.1. The van der Waals surface area contributed by atoms with Gasteiger partial charge in [-0.25, -0.2) is 0 Å². The van der Waals surface area contributed by atoms with Gasteiger partial charge in [0.05, 0.1) is 6.61 Å². The lowest BCUT2D eigenvalue weighted by molar-refractivity contribution is -0.141. The summed E-state index contributed by atoms with van der Waals surface area (Å²) in [6.07, 6.45) is -0.187. The van der Waals surface area contributed by atoms with E-state index in [1.54, 1.807) is 19.1 Å². The van der Waals surface area contributed by atoms with Gasteiger partial charge in [0.25, 0.3) is 0 Å². The van der Waals surface area contributed by atoms with E-state index in [4.69, 9.17) is 4.74 Å². The largest absolute Gasteiger partial charge is 0.466 e. The fourth-order valence-corrected chi connectivity index (χ4v) is 1.81. The van der Waals surface area contributed by atoms with E-state index in [1.165, 1.54) is 0 Å². The van der Waals surface area contributed by atoms with Crippen molar-refractivity contribution in [1.29, 1.82) is 0 Å². The third kappa shape index (κ3) is 3.62. The van der Waals surface area contributed by atoms with Crippen molar-refractivity contribution >= 4 is 34.3 Å². The van der Waals surface area contributed by atoms with Gasteiger partial charge in [-0.3, -0.25) is 9.59 Å². The van der Waals surface area contributed by atoms with Crippen molar-refractivity contribution in [3.8, 4) is 0 Å². The van der Waals surface area contributed by atoms with Crippen molar-refractivity contribution in [2.75, 3.05) is 6.61 Å². The molecule has 0 saturated carbocycles. The average molecular weight is 318 g/mol. The Labute approximate surface area is 102 Å². The fraction of sp³-hybridized carbons (Fsp3) is 0.273. The van der Waals surface area contributed by atoms with Crippen LogP contribution in [0.3, 0.4) is 0 Å². The minimum Gasteiger partial charge on any atom is -0.466 e. The van der Waals surface area contributed by atoms with Crippen LogP contribution in [0.25, 0.3) is 0 Å². The maximum absolute atomic E-state index is 11.6. The first-order chi connectivity index (χ1) is 7.15. The Morgan fingerprint density at radius 1 is 1.33 bits per heavy atom. The number of halogens is 1. The molecule has 80 valence electrons. The third-order valence-electron chi connectivity index (χ3n) is 1.78. The molecule has 0 N–H and O–H groups in total. The van der Waals surface area contributed by atoms with E-state index in [9.17, 15) is 9.59 Å². The molecule has 0 aliphatic rings. The standard InChI is InChI=1S/C11H11IO3/c1-2-15-11(14)7-10(13)8-5-3-4-6-9(8)12/h3-6H,2,7H2,1H3. The van der Waals surface area contributed by atoms with E-state index in [0.29, 0.717) is 12.2 Å². The zero-order valence-corrected chi connectivity index (χ0v) is 10.5. The summed E-state index contributed by atoms with van der Waals surface area (Å²) in [4.78, 5) is 22.7. The van der Waals surface area contributed by atoms with E-state index in [2.05, 4.69) is 22.6 Å². The Morgan fingerprint density at radius 2 is 2.00 bits per heavy atom. The van der Waals surface area contributed by atoms with Gasteiger partial charge in [0, 0.05) is 9.13 Å². The van der Waals surface area contributed by atoms with Gasteiger partial charge < -0.3 is 4.74 Å². The highest BCUT2D eigenvalue weighted by Crippen LogP contribution is 2.13. The van der Waals surface area contributed by atoms with Crippen LogP contribution in [0.2, 0.25) is 0 Å². The Morgan fingerprint density at radius 3 is 2.60 bits per heavy atom. The maximum Gasteiger partial charge on any atom is 0.313 e. The lowest BCUT2D eigenvalue weighted by Crippen LogP contribution is -2.12. The molecule has 0 fully saturated rings. The van der Waals surface area contributed by atoms with Crippen molar-refractivity contribution < 1.29 is 14.3 Å². The minimum atomic E-state index is -0.470. The van der Waals surface area contributed by atoms with Crippen LogP contribution in [0.1, 0.15) is 23.7 Å². The van der Waals surface area contributed by atoms with Crippen LogP contribution < -0.4 is 0 Å². The molecule has 0 bridgehead atoms. The first-order valence-electron chi connectivity index (χ1n) is 4.58. The molecule has 0 spiro atoms. The number of ether oxygens (including phenoxy) is 1. The van der Waals surface area contributed by atoms with Crippen LogP contribution in [0.4, 0.5) is 0 Å². The molecule has 0 aromatic heterocycles. The van der Waals surface area contributed by atoms with Gasteiger partial charge in [-0.05, 0) is 35.6 Å². The maximum atomic E-state index is 11.6. The number of benzene rings is 1. The second-order valence-corrected chi connectivity index (χ2v) is 4.05. The number of carbonyl (C=O) groups excluding carboxylic acids is 2. The van der Waals surface area contributed by atoms with Crippen LogP contribution in [0, 0.1) is 3.57 Å². The number of esters is 1. The summed E-state index contributed by atoms with van der Waals surface area (Å²) in [6.45, 7) is 2.02. The molecule has 0 aliphatic heterocycles. The van der Waals surface area contributed by atoms with Crippen molar-refractivity contribution in [2.24, 2.45) is 0 Å². The molecular weight excluding hydrogens is 307 g/mol. The summed E-state index contributed by atoms with van der Waals surface area (Å²) in [5, 5.41) is 0. The Kier molecular flexibility index (Phi) is 4.74. The van der Waals surface area contributed by atoms with Gasteiger partial charge in [-0.15, -0.1) is 0 Å². The van der Waals surface area contributed by atoms with Gasteiger partial charge in [0.1, 0.15) is 6.42 Å². The van der Waals surface area contributed by atoms with Gasteiger partial charge in [-0.2, -0.15) is 0 Å². The normalized spacial score (nSPS) is 9.73. The zero-order valence-electron chi connectivity index (χ0n) is 8.33. The third-order valence-corrected chi connectivity index (χ3v) is 2.73. The number of ketones is 1. The van der Waals surface area contributed by atoms with E-state index in [1.807, 2.05) is 12.1 Å². The highest BCUT2D eigenvalue weighted by molar-refractivity contribution is 14.1. The first kappa shape index (κ1) is 12.2. The second kappa shape index (κ2) is 5.85. The number of rotatable bonds is 4. The highest BCUT2D eigenvalue weighted by atomic mass is 127. The lowest BCUT2D eigenvalue weighted by Gasteiger charge is -2.03. The van der Waals surface area contributed by atoms with E-state index in [0.717, 1.165) is 3.57 Å². The second-order valence-electron chi connectivity index (χ2n) is 2.88. The summed E-state index contributed by atoms with van der Waals surface area (Å²) in [7, 11) is 0. The Hall–Kier alpha value is -0.910. The molecule has 4 heteroatoms. The summed E-state index contributed by atoms with van der Waals surface area (Å²) in [5.74, 6) is -0.666. The van der Waals surface area contributed by atoms with Crippen molar-refractivity contribution in [1.82, 2.24) is 0 Å². The molecule has 15 heavy (non-hydrogen) atoms. The van der Waals surface area contributed by atoms with E-state index < -0.39 is 5.97 Å². The van der Waals surface area contributed by atoms with Crippen LogP contribution >= 0.6 is 22.6 Å². The first-order valence-corrected chi connectivity index (χ1v) is 5.66. The molecule has 1 aromatic carbocycles. The molecule has 0 amide bonds. The summed E-state index contributed by atoms with van der Waals surface area (Å²) >= 11 is 2.07. The summed E-state index contributed by atoms with van der Waals surface area (Å²) in [5.41, 5.74) is 0.575. The molecule has 0 saturated heterocycles. The van der Waals surface area contributed by atoms with Gasteiger partial charge in [-0.1, -0.05) is 18.2 Å². The molecule has 0 radical (unpaired) electrons. The predicted molar refractivity (Wildman–Crippen MR) is 64.7 cm³/mol. The summed E-state index contributed by atoms with van der Waals surface area (Å²) in [6, 6.07) is 7.17. The molecule has 0 unspecified atom stereocenters. The zero-order chi connectivity index (χ0) is 11.3. The van der Waals surface area contributed by atoms with Gasteiger partial charge in [0.15, 0.2) is 5.78 Å². The smallest absolute Gasteiger partial charge is 0.313 e. The predicted octanol–water partition coefficient (Wildman–Crippen LogP) is 2.43. The highest BCUT2D eigenvalue weighted by Gasteiger charge is 2.14. The van der Waals surface area contributed by atoms with Crippen molar-refractivity contribution in [3.63, 3.8) is 0 Å². The quantitative estimate of drug-likeness (QED) is 0.371. The van der Waals surface area contributed by atoms with Gasteiger partial charge in [0.2, 0.25) is 0 Å². The summed E-state index contributed by atoms with van der Waals surface area (Å²) < 4.78 is 5.56. The number of hydrogen-bond acceptors (Lipinski definition) is 3. The van der Waals surface area contributed by atoms with Crippen LogP contribution in [-0.4, -0.2) is 18.4 Å². The number of hydrogen-bond donors (Lipinski definition) is 0. The topological polar surface area (TPSA) is 43.4 Å². The molecule has 0 aliphatic carbocycles. The fourth-order valence-electron chi connectivity index (χ4n) is 1.13. The van der Waals surface area contributed by atoms with Crippen LogP contribution in [0.15, 0.2) is 24.3 Å². The molecular formula is C11H11IO3. The molecule has 3 nitrogen and oxygen atoms in total. The van der Waals surface area contributed by atoms with Crippen molar-refractivity contribution in [3.05, 3.63) is 33.4 Å². The molecule has 0 atom stereocenters. The molecule has 1 aromatic rings. The number of carbonyl (C=O) groups is 2. The van der Waals surface area contributed by atoms with E-state index >= 15 is 0 Å². The Balaban J connectivity index is 2.70. The van der Waals surface area contributed by atoms with Crippen LogP contribution in [-0.2, 0) is 9.53 Å². The number of Topliss-reactive ketones (excluding diaryl/α,β-unsaturated/α-hetero) is 1. The van der Waals surface area contributed by atoms with E-state index in [-0.39, 0.29) is 12.2 Å². The minimum absolute atomic E-state index is 0.187.